The molecule has 2 aliphatic carbocycles. The summed E-state index contributed by atoms with van der Waals surface area (Å²) in [4.78, 5) is 41.1. The molecule has 4 atom stereocenters. The average molecular weight is 397 g/mol. The van der Waals surface area contributed by atoms with Crippen LogP contribution in [0.5, 0.6) is 0 Å². The Bertz CT molecular complexity index is 1220. The molecule has 2 fully saturated rings. The molecule has 2 aromatic carbocycles. The van der Waals surface area contributed by atoms with E-state index in [0.29, 0.717) is 11.3 Å². The third kappa shape index (κ3) is 2.08. The Morgan fingerprint density at radius 1 is 0.900 bits per heavy atom. The lowest BCUT2D eigenvalue weighted by atomic mass is 9.79. The first-order chi connectivity index (χ1) is 14.6. The van der Waals surface area contributed by atoms with E-state index >= 15 is 0 Å². The molecule has 3 aliphatic rings. The number of amides is 2. The lowest BCUT2D eigenvalue weighted by molar-refractivity contribution is -0.123. The van der Waals surface area contributed by atoms with Crippen molar-refractivity contribution in [2.75, 3.05) is 4.90 Å². The number of fused-ring (bicyclic) bond motifs is 8. The van der Waals surface area contributed by atoms with Crippen LogP contribution in [-0.4, -0.2) is 27.5 Å². The van der Waals surface area contributed by atoms with Crippen LogP contribution in [0.25, 0.3) is 0 Å². The molecule has 6 heteroatoms. The number of carbonyl (C=O) groups is 3. The van der Waals surface area contributed by atoms with Crippen molar-refractivity contribution in [2.45, 2.75) is 25.2 Å². The fourth-order valence-electron chi connectivity index (χ4n) is 5.77. The van der Waals surface area contributed by atoms with E-state index < -0.39 is 5.92 Å². The number of carbonyl (C=O) groups excluding carboxylic acids is 3. The van der Waals surface area contributed by atoms with Crippen LogP contribution in [0.15, 0.2) is 60.7 Å². The number of aromatic nitrogens is 2. The fourth-order valence-corrected chi connectivity index (χ4v) is 5.77. The number of hydrogen-bond donors (Lipinski definition) is 0. The minimum atomic E-state index is -0.423. The molecular weight excluding hydrogens is 378 g/mol. The summed E-state index contributed by atoms with van der Waals surface area (Å²) in [6.07, 6.45) is 0.728. The summed E-state index contributed by atoms with van der Waals surface area (Å²) in [5.74, 6) is -1.48. The van der Waals surface area contributed by atoms with Gasteiger partial charge in [-0.1, -0.05) is 36.4 Å². The second-order valence-electron chi connectivity index (χ2n) is 8.31. The van der Waals surface area contributed by atoms with E-state index in [9.17, 15) is 14.4 Å². The second-order valence-corrected chi connectivity index (χ2v) is 8.31. The topological polar surface area (TPSA) is 72.3 Å². The van der Waals surface area contributed by atoms with Gasteiger partial charge in [-0.2, -0.15) is 9.78 Å². The van der Waals surface area contributed by atoms with Crippen LogP contribution >= 0.6 is 0 Å². The van der Waals surface area contributed by atoms with E-state index in [-0.39, 0.29) is 35.5 Å². The van der Waals surface area contributed by atoms with E-state index in [1.807, 2.05) is 43.3 Å². The molecule has 2 heterocycles. The van der Waals surface area contributed by atoms with Gasteiger partial charge in [-0.3, -0.25) is 19.3 Å². The molecule has 1 saturated carbocycles. The molecule has 1 aliphatic heterocycles. The van der Waals surface area contributed by atoms with Gasteiger partial charge >= 0.3 is 0 Å². The largest absolute Gasteiger partial charge is 0.278 e. The smallest absolute Gasteiger partial charge is 0.274 e. The van der Waals surface area contributed by atoms with Gasteiger partial charge in [-0.05, 0) is 37.6 Å². The standard InChI is InChI=1S/C24H19N3O3/c1-13-18-16-12-17(21(18)27(25-13)22(28)14-8-4-2-5-9-14)20-19(16)23(29)26(24(20)30)15-10-6-3-7-11-15/h2-11,16-17,19-20H,12H2,1H3/t16-,17-,19+,20-/m1/s1. The van der Waals surface area contributed by atoms with Crippen molar-refractivity contribution >= 4 is 23.4 Å². The van der Waals surface area contributed by atoms with Crippen molar-refractivity contribution in [3.63, 3.8) is 0 Å². The zero-order valence-corrected chi connectivity index (χ0v) is 16.4. The number of anilines is 1. The van der Waals surface area contributed by atoms with Crippen molar-refractivity contribution < 1.29 is 14.4 Å². The van der Waals surface area contributed by atoms with Crippen molar-refractivity contribution in [2.24, 2.45) is 11.8 Å². The van der Waals surface area contributed by atoms with Gasteiger partial charge in [0.15, 0.2) is 0 Å². The van der Waals surface area contributed by atoms with Crippen LogP contribution in [0.4, 0.5) is 5.69 Å². The summed E-state index contributed by atoms with van der Waals surface area (Å²) >= 11 is 0. The molecule has 0 spiro atoms. The zero-order valence-electron chi connectivity index (χ0n) is 16.4. The molecule has 6 nitrogen and oxygen atoms in total. The van der Waals surface area contributed by atoms with Crippen molar-refractivity contribution in [1.82, 2.24) is 9.78 Å². The number of imide groups is 1. The molecule has 2 bridgehead atoms. The summed E-state index contributed by atoms with van der Waals surface area (Å²) in [5, 5.41) is 4.53. The fraction of sp³-hybridized carbons (Fsp3) is 0.250. The molecule has 1 saturated heterocycles. The molecule has 6 rings (SSSR count). The van der Waals surface area contributed by atoms with E-state index in [4.69, 9.17) is 0 Å². The normalized spacial score (nSPS) is 26.2. The molecule has 1 aromatic heterocycles. The summed E-state index contributed by atoms with van der Waals surface area (Å²) in [6.45, 7) is 1.89. The highest BCUT2D eigenvalue weighted by atomic mass is 16.2. The summed E-state index contributed by atoms with van der Waals surface area (Å²) < 4.78 is 1.48. The Morgan fingerprint density at radius 2 is 1.50 bits per heavy atom. The highest BCUT2D eigenvalue weighted by molar-refractivity contribution is 6.23. The van der Waals surface area contributed by atoms with Crippen molar-refractivity contribution in [1.29, 1.82) is 0 Å². The van der Waals surface area contributed by atoms with Crippen LogP contribution in [0.2, 0.25) is 0 Å². The van der Waals surface area contributed by atoms with Gasteiger partial charge < -0.3 is 0 Å². The molecule has 3 aromatic rings. The Balaban J connectivity index is 1.44. The maximum atomic E-state index is 13.3. The van der Waals surface area contributed by atoms with Gasteiger partial charge in [-0.25, -0.2) is 0 Å². The number of para-hydroxylation sites is 1. The number of nitrogens with zero attached hydrogens (tertiary/aromatic N) is 3. The van der Waals surface area contributed by atoms with E-state index in [0.717, 1.165) is 23.4 Å². The maximum Gasteiger partial charge on any atom is 0.278 e. The van der Waals surface area contributed by atoms with Crippen LogP contribution < -0.4 is 4.90 Å². The first-order valence-electron chi connectivity index (χ1n) is 10.2. The Labute approximate surface area is 173 Å². The predicted molar refractivity (Wildman–Crippen MR) is 109 cm³/mol. The summed E-state index contributed by atoms with van der Waals surface area (Å²) in [7, 11) is 0. The van der Waals surface area contributed by atoms with Gasteiger partial charge in [0.2, 0.25) is 11.8 Å². The van der Waals surface area contributed by atoms with Crippen molar-refractivity contribution in [3.05, 3.63) is 83.2 Å². The molecule has 2 amide bonds. The highest BCUT2D eigenvalue weighted by Crippen LogP contribution is 2.63. The highest BCUT2D eigenvalue weighted by Gasteiger charge is 2.65. The Kier molecular flexibility index (Phi) is 3.46. The van der Waals surface area contributed by atoms with Crippen LogP contribution in [0, 0.1) is 18.8 Å². The lowest BCUT2D eigenvalue weighted by Gasteiger charge is -2.22. The Hall–Kier alpha value is -3.54. The summed E-state index contributed by atoms with van der Waals surface area (Å²) in [6, 6.07) is 18.1. The molecule has 30 heavy (non-hydrogen) atoms. The number of rotatable bonds is 2. The first kappa shape index (κ1) is 17.3. The second kappa shape index (κ2) is 5.98. The van der Waals surface area contributed by atoms with Crippen LogP contribution in [-0.2, 0) is 9.59 Å². The van der Waals surface area contributed by atoms with Crippen LogP contribution in [0.3, 0.4) is 0 Å². The maximum absolute atomic E-state index is 13.3. The molecule has 0 N–H and O–H groups in total. The van der Waals surface area contributed by atoms with Gasteiger partial charge in [-0.15, -0.1) is 0 Å². The third-order valence-electron chi connectivity index (χ3n) is 6.87. The van der Waals surface area contributed by atoms with Gasteiger partial charge in [0.05, 0.1) is 28.9 Å². The monoisotopic (exact) mass is 397 g/mol. The molecular formula is C24H19N3O3. The van der Waals surface area contributed by atoms with Crippen LogP contribution in [0.1, 0.15) is 45.6 Å². The number of aryl methyl sites for hydroxylation is 1. The Morgan fingerprint density at radius 3 is 2.17 bits per heavy atom. The van der Waals surface area contributed by atoms with Crippen molar-refractivity contribution in [3.8, 4) is 0 Å². The van der Waals surface area contributed by atoms with E-state index in [1.165, 1.54) is 9.58 Å². The first-order valence-corrected chi connectivity index (χ1v) is 10.2. The molecule has 148 valence electrons. The minimum absolute atomic E-state index is 0.0579. The number of benzene rings is 2. The third-order valence-corrected chi connectivity index (χ3v) is 6.87. The van der Waals surface area contributed by atoms with Gasteiger partial charge in [0, 0.05) is 23.0 Å². The lowest BCUT2D eigenvalue weighted by Crippen LogP contribution is -2.32. The SMILES string of the molecule is Cc1nn(C(=O)c2ccccc2)c2c1[C@H]1C[C@@H]2[C@H]2C(=O)N(c3ccccc3)C(=O)[C@H]21. The number of hydrogen-bond acceptors (Lipinski definition) is 4. The molecule has 0 unspecified atom stereocenters. The van der Waals surface area contributed by atoms with Gasteiger partial charge in [0.1, 0.15) is 0 Å². The van der Waals surface area contributed by atoms with E-state index in [2.05, 4.69) is 5.10 Å². The zero-order chi connectivity index (χ0) is 20.6. The summed E-state index contributed by atoms with van der Waals surface area (Å²) in [5.41, 5.74) is 3.76. The van der Waals surface area contributed by atoms with Gasteiger partial charge in [0.25, 0.3) is 5.91 Å². The predicted octanol–water partition coefficient (Wildman–Crippen LogP) is 3.27. The molecule has 0 radical (unpaired) electrons. The average Bonchev–Trinajstić information content (AvgIpc) is 3.49. The van der Waals surface area contributed by atoms with E-state index in [1.54, 1.807) is 24.3 Å². The minimum Gasteiger partial charge on any atom is -0.274 e. The quantitative estimate of drug-likeness (QED) is 0.622.